The summed E-state index contributed by atoms with van der Waals surface area (Å²) in [4.78, 5) is 12.3. The Morgan fingerprint density at radius 3 is 2.69 bits per heavy atom. The van der Waals surface area contributed by atoms with Crippen LogP contribution in [0, 0.1) is 5.82 Å². The van der Waals surface area contributed by atoms with Gasteiger partial charge in [0.1, 0.15) is 5.82 Å². The Balaban J connectivity index is 2.91. The molecule has 0 atom stereocenters. The van der Waals surface area contributed by atoms with Crippen LogP contribution in [-0.2, 0) is 0 Å². The average molecular weight is 252 g/mol. The van der Waals surface area contributed by atoms with Gasteiger partial charge >= 0.3 is 0 Å². The van der Waals surface area contributed by atoms with Gasteiger partial charge < -0.3 is 4.90 Å². The van der Waals surface area contributed by atoms with Gasteiger partial charge in [0, 0.05) is 12.1 Å². The Kier molecular flexibility index (Phi) is 4.18. The molecule has 16 heavy (non-hydrogen) atoms. The number of alkyl halides is 2. The summed E-state index contributed by atoms with van der Waals surface area (Å²) >= 11 is 5.59. The summed E-state index contributed by atoms with van der Waals surface area (Å²) in [6.45, 7) is -0.745. The number of hydrogen-bond donors (Lipinski definition) is 0. The van der Waals surface area contributed by atoms with E-state index in [-0.39, 0.29) is 10.6 Å². The Bertz CT molecular complexity index is 398. The number of benzene rings is 1. The zero-order valence-corrected chi connectivity index (χ0v) is 9.14. The zero-order valence-electron chi connectivity index (χ0n) is 8.38. The highest BCUT2D eigenvalue weighted by Crippen LogP contribution is 2.16. The Morgan fingerprint density at radius 1 is 1.50 bits per heavy atom. The van der Waals surface area contributed by atoms with Crippen LogP contribution in [-0.4, -0.2) is 30.8 Å². The van der Waals surface area contributed by atoms with Gasteiger partial charge in [-0.05, 0) is 18.2 Å². The van der Waals surface area contributed by atoms with Crippen molar-refractivity contribution in [1.82, 2.24) is 4.90 Å². The van der Waals surface area contributed by atoms with E-state index in [0.29, 0.717) is 0 Å². The van der Waals surface area contributed by atoms with Crippen molar-refractivity contribution in [3.8, 4) is 0 Å². The van der Waals surface area contributed by atoms with Crippen LogP contribution < -0.4 is 0 Å². The molecule has 0 fully saturated rings. The van der Waals surface area contributed by atoms with Crippen LogP contribution in [0.1, 0.15) is 10.4 Å². The topological polar surface area (TPSA) is 20.3 Å². The summed E-state index contributed by atoms with van der Waals surface area (Å²) in [5.74, 6) is -1.60. The van der Waals surface area contributed by atoms with Gasteiger partial charge in [0.15, 0.2) is 0 Å². The molecule has 0 saturated carbocycles. The standard InChI is InChI=1S/C10H9ClF3NO/c1-15(5-9(13)14)10(16)7-4-6(11)2-3-8(7)12/h2-4,9H,5H2,1H3. The Morgan fingerprint density at radius 2 is 2.12 bits per heavy atom. The van der Waals surface area contributed by atoms with Crippen LogP contribution in [0.5, 0.6) is 0 Å². The molecule has 0 bridgehead atoms. The van der Waals surface area contributed by atoms with Crippen molar-refractivity contribution in [1.29, 1.82) is 0 Å². The van der Waals surface area contributed by atoms with Gasteiger partial charge in [-0.15, -0.1) is 0 Å². The molecule has 2 nitrogen and oxygen atoms in total. The second-order valence-corrected chi connectivity index (χ2v) is 3.64. The number of rotatable bonds is 3. The largest absolute Gasteiger partial charge is 0.336 e. The number of hydrogen-bond acceptors (Lipinski definition) is 1. The van der Waals surface area contributed by atoms with Gasteiger partial charge in [0.25, 0.3) is 12.3 Å². The lowest BCUT2D eigenvalue weighted by Crippen LogP contribution is -2.31. The van der Waals surface area contributed by atoms with Crippen LogP contribution in [0.4, 0.5) is 13.2 Å². The average Bonchev–Trinajstić information content (AvgIpc) is 2.19. The summed E-state index contributed by atoms with van der Waals surface area (Å²) in [5.41, 5.74) is -0.310. The Hall–Kier alpha value is -1.23. The summed E-state index contributed by atoms with van der Waals surface area (Å²) in [7, 11) is 1.18. The van der Waals surface area contributed by atoms with Gasteiger partial charge in [-0.25, -0.2) is 13.2 Å². The number of carbonyl (C=O) groups is 1. The summed E-state index contributed by atoms with van der Waals surface area (Å²) in [6, 6.07) is 3.41. The lowest BCUT2D eigenvalue weighted by molar-refractivity contribution is 0.0616. The highest BCUT2D eigenvalue weighted by atomic mass is 35.5. The van der Waals surface area contributed by atoms with Gasteiger partial charge in [-0.3, -0.25) is 4.79 Å². The quantitative estimate of drug-likeness (QED) is 0.809. The molecule has 0 N–H and O–H groups in total. The third kappa shape index (κ3) is 3.13. The molecule has 0 aliphatic heterocycles. The third-order valence-corrected chi connectivity index (χ3v) is 2.15. The number of carbonyl (C=O) groups excluding carboxylic acids is 1. The van der Waals surface area contributed by atoms with Gasteiger partial charge in [0.05, 0.1) is 12.1 Å². The molecular weight excluding hydrogens is 243 g/mol. The van der Waals surface area contributed by atoms with E-state index in [4.69, 9.17) is 11.6 Å². The summed E-state index contributed by atoms with van der Waals surface area (Å²) in [6.07, 6.45) is -2.66. The highest BCUT2D eigenvalue weighted by Gasteiger charge is 2.19. The first-order valence-corrected chi connectivity index (χ1v) is 4.78. The minimum atomic E-state index is -2.66. The molecule has 88 valence electrons. The van der Waals surface area contributed by atoms with E-state index in [1.165, 1.54) is 13.1 Å². The molecule has 0 unspecified atom stereocenters. The first-order valence-electron chi connectivity index (χ1n) is 4.40. The van der Waals surface area contributed by atoms with Crippen LogP contribution in [0.3, 0.4) is 0 Å². The first-order chi connectivity index (χ1) is 7.41. The molecule has 6 heteroatoms. The van der Waals surface area contributed by atoms with Gasteiger partial charge in [0.2, 0.25) is 0 Å². The van der Waals surface area contributed by atoms with E-state index in [1.54, 1.807) is 0 Å². The van der Waals surface area contributed by atoms with Crippen LogP contribution in [0.15, 0.2) is 18.2 Å². The fourth-order valence-corrected chi connectivity index (χ4v) is 1.33. The molecule has 0 aliphatic carbocycles. The molecule has 0 aromatic heterocycles. The second-order valence-electron chi connectivity index (χ2n) is 3.20. The predicted molar refractivity (Wildman–Crippen MR) is 54.4 cm³/mol. The van der Waals surface area contributed by atoms with Crippen LogP contribution in [0.25, 0.3) is 0 Å². The third-order valence-electron chi connectivity index (χ3n) is 1.92. The predicted octanol–water partition coefficient (Wildman–Crippen LogP) is 2.82. The van der Waals surface area contributed by atoms with E-state index in [9.17, 15) is 18.0 Å². The Labute approximate surface area is 95.6 Å². The van der Waals surface area contributed by atoms with E-state index in [1.807, 2.05) is 0 Å². The van der Waals surface area contributed by atoms with E-state index < -0.39 is 24.7 Å². The number of nitrogens with zero attached hydrogens (tertiary/aromatic N) is 1. The lowest BCUT2D eigenvalue weighted by Gasteiger charge is -2.16. The molecular formula is C10H9ClF3NO. The van der Waals surface area contributed by atoms with E-state index >= 15 is 0 Å². The summed E-state index contributed by atoms with van der Waals surface area (Å²) in [5, 5.41) is 0.176. The first kappa shape index (κ1) is 12.8. The molecule has 0 heterocycles. The minimum absolute atomic E-state index is 0.176. The number of halogens is 4. The fraction of sp³-hybridized carbons (Fsp3) is 0.300. The highest BCUT2D eigenvalue weighted by molar-refractivity contribution is 6.30. The molecule has 0 radical (unpaired) electrons. The van der Waals surface area contributed by atoms with Crippen LogP contribution in [0.2, 0.25) is 5.02 Å². The summed E-state index contributed by atoms with van der Waals surface area (Å²) < 4.78 is 37.3. The zero-order chi connectivity index (χ0) is 12.3. The van der Waals surface area contributed by atoms with Crippen molar-refractivity contribution in [2.45, 2.75) is 6.43 Å². The van der Waals surface area contributed by atoms with E-state index in [0.717, 1.165) is 17.0 Å². The fourth-order valence-electron chi connectivity index (χ4n) is 1.16. The van der Waals surface area contributed by atoms with Crippen molar-refractivity contribution >= 4 is 17.5 Å². The normalized spacial score (nSPS) is 10.6. The SMILES string of the molecule is CN(CC(F)F)C(=O)c1cc(Cl)ccc1F. The monoisotopic (exact) mass is 251 g/mol. The van der Waals surface area contributed by atoms with Crippen molar-refractivity contribution in [3.63, 3.8) is 0 Å². The number of amides is 1. The molecule has 1 amide bonds. The van der Waals surface area contributed by atoms with Crippen molar-refractivity contribution in [3.05, 3.63) is 34.6 Å². The van der Waals surface area contributed by atoms with Gasteiger partial charge in [-0.2, -0.15) is 0 Å². The molecule has 1 aromatic rings. The minimum Gasteiger partial charge on any atom is -0.336 e. The molecule has 0 spiro atoms. The second kappa shape index (κ2) is 5.21. The maximum Gasteiger partial charge on any atom is 0.256 e. The van der Waals surface area contributed by atoms with Crippen molar-refractivity contribution in [2.24, 2.45) is 0 Å². The smallest absolute Gasteiger partial charge is 0.256 e. The molecule has 0 aliphatic rings. The maximum absolute atomic E-state index is 13.2. The molecule has 1 aromatic carbocycles. The van der Waals surface area contributed by atoms with E-state index in [2.05, 4.69) is 0 Å². The maximum atomic E-state index is 13.2. The van der Waals surface area contributed by atoms with Crippen molar-refractivity contribution in [2.75, 3.05) is 13.6 Å². The lowest BCUT2D eigenvalue weighted by atomic mass is 10.2. The molecule has 0 saturated heterocycles. The van der Waals surface area contributed by atoms with Crippen molar-refractivity contribution < 1.29 is 18.0 Å². The van der Waals surface area contributed by atoms with Crippen LogP contribution >= 0.6 is 11.6 Å². The van der Waals surface area contributed by atoms with Gasteiger partial charge in [-0.1, -0.05) is 11.6 Å². The molecule has 1 rings (SSSR count).